The third kappa shape index (κ3) is 1.46. The summed E-state index contributed by atoms with van der Waals surface area (Å²) in [5.74, 6) is 1.35. The number of amides is 1. The Hall–Kier alpha value is -0.940. The van der Waals surface area contributed by atoms with Crippen LogP contribution >= 0.6 is 23.5 Å². The van der Waals surface area contributed by atoms with Crippen molar-refractivity contribution in [2.75, 3.05) is 11.6 Å². The van der Waals surface area contributed by atoms with Crippen molar-refractivity contribution in [2.45, 2.75) is 10.9 Å². The highest BCUT2D eigenvalue weighted by molar-refractivity contribution is 8.14. The molecule has 1 atom stereocenters. The highest BCUT2D eigenvalue weighted by Crippen LogP contribution is 2.35. The molecule has 2 aliphatic rings. The van der Waals surface area contributed by atoms with Crippen molar-refractivity contribution in [1.82, 2.24) is 4.90 Å². The lowest BCUT2D eigenvalue weighted by Gasteiger charge is -2.18. The van der Waals surface area contributed by atoms with E-state index in [-0.39, 0.29) is 17.1 Å². The van der Waals surface area contributed by atoms with Gasteiger partial charge < -0.3 is 4.90 Å². The Morgan fingerprint density at radius 2 is 2.06 bits per heavy atom. The SMILES string of the molecule is O=C1Sc2ccccc2C(=O)N2CSC[C@@H]12. The van der Waals surface area contributed by atoms with Crippen molar-refractivity contribution < 1.29 is 9.59 Å². The number of hydrogen-bond donors (Lipinski definition) is 0. The summed E-state index contributed by atoms with van der Waals surface area (Å²) in [6, 6.07) is 7.09. The standard InChI is InChI=1S/C11H9NO2S2/c13-10-7-3-1-2-4-9(7)16-11(14)8-5-15-6-12(8)10/h1-4,8H,5-6H2/t8-/m0/s1. The zero-order chi connectivity index (χ0) is 11.1. The van der Waals surface area contributed by atoms with E-state index in [0.29, 0.717) is 11.4 Å². The van der Waals surface area contributed by atoms with Crippen molar-refractivity contribution in [3.8, 4) is 0 Å². The van der Waals surface area contributed by atoms with Gasteiger partial charge >= 0.3 is 0 Å². The maximum atomic E-state index is 12.2. The van der Waals surface area contributed by atoms with Crippen LogP contribution in [0.5, 0.6) is 0 Å². The van der Waals surface area contributed by atoms with Gasteiger partial charge in [-0.1, -0.05) is 12.1 Å². The molecule has 2 aliphatic heterocycles. The predicted molar refractivity (Wildman–Crippen MR) is 64.6 cm³/mol. The van der Waals surface area contributed by atoms with Gasteiger partial charge in [0.15, 0.2) is 0 Å². The van der Waals surface area contributed by atoms with Gasteiger partial charge in [-0.25, -0.2) is 0 Å². The molecule has 1 amide bonds. The smallest absolute Gasteiger partial charge is 0.256 e. The molecule has 0 spiro atoms. The molecule has 82 valence electrons. The molecule has 16 heavy (non-hydrogen) atoms. The minimum atomic E-state index is -0.241. The largest absolute Gasteiger partial charge is 0.318 e. The molecule has 0 radical (unpaired) electrons. The number of thioether (sulfide) groups is 2. The zero-order valence-electron chi connectivity index (χ0n) is 8.38. The third-order valence-electron chi connectivity index (χ3n) is 2.74. The number of carbonyl (C=O) groups is 2. The molecular formula is C11H9NO2S2. The molecule has 5 heteroatoms. The molecule has 3 nitrogen and oxygen atoms in total. The maximum Gasteiger partial charge on any atom is 0.256 e. The Bertz CT molecular complexity index is 475. The molecule has 0 saturated carbocycles. The average Bonchev–Trinajstić information content (AvgIpc) is 2.74. The lowest BCUT2D eigenvalue weighted by Crippen LogP contribution is -2.39. The second-order valence-corrected chi connectivity index (χ2v) is 5.75. The monoisotopic (exact) mass is 251 g/mol. The fourth-order valence-corrected chi connectivity index (χ4v) is 4.14. The number of carbonyl (C=O) groups excluding carboxylic acids is 2. The van der Waals surface area contributed by atoms with Gasteiger partial charge in [-0.15, -0.1) is 11.8 Å². The van der Waals surface area contributed by atoms with Gasteiger partial charge in [0.2, 0.25) is 5.12 Å². The summed E-state index contributed by atoms with van der Waals surface area (Å²) < 4.78 is 0. The Balaban J connectivity index is 2.11. The molecule has 0 N–H and O–H groups in total. The number of benzene rings is 1. The Labute approximate surface area is 102 Å². The molecule has 1 saturated heterocycles. The average molecular weight is 251 g/mol. The zero-order valence-corrected chi connectivity index (χ0v) is 10.0. The Morgan fingerprint density at radius 1 is 1.25 bits per heavy atom. The lowest BCUT2D eigenvalue weighted by molar-refractivity contribution is -0.113. The molecule has 3 rings (SSSR count). The van der Waals surface area contributed by atoms with Crippen LogP contribution in [0.4, 0.5) is 0 Å². The van der Waals surface area contributed by atoms with Crippen molar-refractivity contribution in [3.05, 3.63) is 29.8 Å². The second-order valence-electron chi connectivity index (χ2n) is 3.71. The number of rotatable bonds is 0. The topological polar surface area (TPSA) is 37.4 Å². The van der Waals surface area contributed by atoms with E-state index in [1.807, 2.05) is 18.2 Å². The van der Waals surface area contributed by atoms with Crippen molar-refractivity contribution in [2.24, 2.45) is 0 Å². The molecule has 0 aliphatic carbocycles. The number of nitrogens with zero attached hydrogens (tertiary/aromatic N) is 1. The van der Waals surface area contributed by atoms with Crippen LogP contribution in [-0.2, 0) is 4.79 Å². The molecular weight excluding hydrogens is 242 g/mol. The minimum Gasteiger partial charge on any atom is -0.318 e. The quantitative estimate of drug-likeness (QED) is 0.705. The van der Waals surface area contributed by atoms with Crippen LogP contribution in [0.25, 0.3) is 0 Å². The Kier molecular flexibility index (Phi) is 2.44. The molecule has 0 aromatic heterocycles. The van der Waals surface area contributed by atoms with Crippen LogP contribution in [0.15, 0.2) is 29.2 Å². The van der Waals surface area contributed by atoms with E-state index >= 15 is 0 Å². The van der Waals surface area contributed by atoms with Gasteiger partial charge in [-0.2, -0.15) is 0 Å². The van der Waals surface area contributed by atoms with E-state index in [0.717, 1.165) is 10.6 Å². The van der Waals surface area contributed by atoms with E-state index in [1.165, 1.54) is 11.8 Å². The molecule has 0 unspecified atom stereocenters. The molecule has 1 aromatic carbocycles. The first-order chi connectivity index (χ1) is 7.77. The van der Waals surface area contributed by atoms with Gasteiger partial charge in [0.25, 0.3) is 5.91 Å². The van der Waals surface area contributed by atoms with Crippen molar-refractivity contribution >= 4 is 34.5 Å². The minimum absolute atomic E-state index is 0.0102. The maximum absolute atomic E-state index is 12.2. The van der Waals surface area contributed by atoms with E-state index in [2.05, 4.69) is 0 Å². The van der Waals surface area contributed by atoms with Gasteiger partial charge in [0, 0.05) is 10.6 Å². The fourth-order valence-electron chi connectivity index (χ4n) is 1.90. The van der Waals surface area contributed by atoms with E-state index in [9.17, 15) is 9.59 Å². The molecule has 0 bridgehead atoms. The van der Waals surface area contributed by atoms with Gasteiger partial charge in [-0.05, 0) is 23.9 Å². The van der Waals surface area contributed by atoms with Crippen molar-refractivity contribution in [3.63, 3.8) is 0 Å². The molecule has 1 fully saturated rings. The molecule has 1 aromatic rings. The van der Waals surface area contributed by atoms with Crippen LogP contribution in [0.3, 0.4) is 0 Å². The summed E-state index contributed by atoms with van der Waals surface area (Å²) in [4.78, 5) is 26.6. The Morgan fingerprint density at radius 3 is 2.94 bits per heavy atom. The second kappa shape index (κ2) is 3.82. The summed E-state index contributed by atoms with van der Waals surface area (Å²) in [7, 11) is 0. The first kappa shape index (κ1) is 10.2. The summed E-state index contributed by atoms with van der Waals surface area (Å²) >= 11 is 2.84. The predicted octanol–water partition coefficient (Wildman–Crippen LogP) is 1.83. The van der Waals surface area contributed by atoms with Crippen molar-refractivity contribution in [1.29, 1.82) is 0 Å². The van der Waals surface area contributed by atoms with Gasteiger partial charge in [0.05, 0.1) is 11.4 Å². The van der Waals surface area contributed by atoms with Gasteiger partial charge in [-0.3, -0.25) is 9.59 Å². The van der Waals surface area contributed by atoms with Crippen LogP contribution < -0.4 is 0 Å². The number of hydrogen-bond acceptors (Lipinski definition) is 4. The summed E-state index contributed by atoms with van der Waals surface area (Å²) in [6.45, 7) is 0. The van der Waals surface area contributed by atoms with E-state index in [4.69, 9.17) is 0 Å². The van der Waals surface area contributed by atoms with Crippen LogP contribution in [0, 0.1) is 0 Å². The summed E-state index contributed by atoms with van der Waals surface area (Å²) in [5.41, 5.74) is 0.658. The van der Waals surface area contributed by atoms with Crippen LogP contribution in [-0.4, -0.2) is 33.6 Å². The normalized spacial score (nSPS) is 24.0. The highest BCUT2D eigenvalue weighted by Gasteiger charge is 2.39. The molecule has 2 heterocycles. The summed E-state index contributed by atoms with van der Waals surface area (Å²) in [5, 5.41) is 0.0864. The lowest BCUT2D eigenvalue weighted by atomic mass is 10.2. The third-order valence-corrected chi connectivity index (χ3v) is 4.80. The van der Waals surface area contributed by atoms with Crippen LogP contribution in [0.2, 0.25) is 0 Å². The first-order valence-electron chi connectivity index (χ1n) is 4.97. The van der Waals surface area contributed by atoms with Gasteiger partial charge in [0.1, 0.15) is 6.04 Å². The first-order valence-corrected chi connectivity index (χ1v) is 6.94. The fraction of sp³-hybridized carbons (Fsp3) is 0.273. The summed E-state index contributed by atoms with van der Waals surface area (Å²) in [6.07, 6.45) is 0. The number of fused-ring (bicyclic) bond motifs is 2. The van der Waals surface area contributed by atoms with Crippen LogP contribution in [0.1, 0.15) is 10.4 Å². The van der Waals surface area contributed by atoms with E-state index < -0.39 is 0 Å². The van der Waals surface area contributed by atoms with E-state index in [1.54, 1.807) is 22.7 Å². The highest BCUT2D eigenvalue weighted by atomic mass is 32.2.